The largest absolute Gasteiger partial charge is 0.284 e. The number of aromatic nitrogens is 1. The second-order valence-corrected chi connectivity index (χ2v) is 3.97. The van der Waals surface area contributed by atoms with Gasteiger partial charge in [0.25, 0.3) is 0 Å². The van der Waals surface area contributed by atoms with Gasteiger partial charge in [-0.15, -0.1) is 0 Å². The highest BCUT2D eigenvalue weighted by Crippen LogP contribution is 2.17. The van der Waals surface area contributed by atoms with Crippen LogP contribution in [0.2, 0.25) is 0 Å². The third-order valence-corrected chi connectivity index (χ3v) is 2.79. The molecule has 0 saturated carbocycles. The molecule has 0 N–H and O–H groups in total. The van der Waals surface area contributed by atoms with Gasteiger partial charge in [0.05, 0.1) is 5.55 Å². The lowest BCUT2D eigenvalue weighted by molar-refractivity contribution is -0.111. The van der Waals surface area contributed by atoms with Gasteiger partial charge < -0.3 is 0 Å². The van der Waals surface area contributed by atoms with Crippen LogP contribution in [0.4, 0.5) is 0 Å². The standard InChI is InChI=1S/C11H10N2OS/c14-11-10(13-8-15-11)3-1-2-9-4-6-12-7-5-9/h1-2,4-8,10H,3H2. The van der Waals surface area contributed by atoms with Crippen molar-refractivity contribution in [1.29, 1.82) is 0 Å². The fourth-order valence-electron chi connectivity index (χ4n) is 1.26. The molecule has 3 nitrogen and oxygen atoms in total. The fourth-order valence-corrected chi connectivity index (χ4v) is 1.89. The molecule has 2 rings (SSSR count). The van der Waals surface area contributed by atoms with Crippen LogP contribution >= 0.6 is 11.8 Å². The van der Waals surface area contributed by atoms with E-state index < -0.39 is 0 Å². The van der Waals surface area contributed by atoms with E-state index in [1.807, 2.05) is 24.3 Å². The molecule has 0 fully saturated rings. The molecule has 4 heteroatoms. The second-order valence-electron chi connectivity index (χ2n) is 3.13. The van der Waals surface area contributed by atoms with E-state index in [4.69, 9.17) is 0 Å². The van der Waals surface area contributed by atoms with E-state index in [0.29, 0.717) is 6.42 Å². The topological polar surface area (TPSA) is 42.3 Å². The number of aliphatic imine (C=N–C) groups is 1. The Balaban J connectivity index is 1.91. The van der Waals surface area contributed by atoms with Crippen LogP contribution in [0.3, 0.4) is 0 Å². The predicted octanol–water partition coefficient (Wildman–Crippen LogP) is 2.16. The summed E-state index contributed by atoms with van der Waals surface area (Å²) >= 11 is 1.18. The average Bonchev–Trinajstić information content (AvgIpc) is 2.66. The third kappa shape index (κ3) is 2.76. The summed E-state index contributed by atoms with van der Waals surface area (Å²) in [6.07, 6.45) is 8.11. The van der Waals surface area contributed by atoms with Crippen molar-refractivity contribution in [2.24, 2.45) is 4.99 Å². The van der Waals surface area contributed by atoms with Crippen molar-refractivity contribution in [3.63, 3.8) is 0 Å². The van der Waals surface area contributed by atoms with Crippen molar-refractivity contribution >= 4 is 28.5 Å². The maximum atomic E-state index is 11.2. The van der Waals surface area contributed by atoms with Crippen molar-refractivity contribution in [3.8, 4) is 0 Å². The molecule has 1 aliphatic heterocycles. The van der Waals surface area contributed by atoms with Crippen LogP contribution in [0.15, 0.2) is 35.6 Å². The average molecular weight is 218 g/mol. The first-order valence-electron chi connectivity index (χ1n) is 4.65. The zero-order valence-electron chi connectivity index (χ0n) is 8.04. The molecule has 1 aliphatic rings. The third-order valence-electron chi connectivity index (χ3n) is 2.06. The summed E-state index contributed by atoms with van der Waals surface area (Å²) in [7, 11) is 0. The van der Waals surface area contributed by atoms with Crippen LogP contribution in [0.5, 0.6) is 0 Å². The molecule has 1 atom stereocenters. The molecule has 0 aliphatic carbocycles. The second kappa shape index (κ2) is 4.89. The van der Waals surface area contributed by atoms with Crippen molar-refractivity contribution in [2.75, 3.05) is 0 Å². The maximum absolute atomic E-state index is 11.2. The molecule has 0 spiro atoms. The monoisotopic (exact) mass is 218 g/mol. The molecule has 2 heterocycles. The molecule has 1 unspecified atom stereocenters. The van der Waals surface area contributed by atoms with Gasteiger partial charge in [0.2, 0.25) is 5.12 Å². The van der Waals surface area contributed by atoms with Crippen molar-refractivity contribution in [3.05, 3.63) is 36.2 Å². The summed E-state index contributed by atoms with van der Waals surface area (Å²) in [5.41, 5.74) is 2.71. The number of rotatable bonds is 3. The molecule has 15 heavy (non-hydrogen) atoms. The van der Waals surface area contributed by atoms with Crippen LogP contribution in [-0.4, -0.2) is 21.7 Å². The minimum absolute atomic E-state index is 0.134. The molecule has 76 valence electrons. The zero-order chi connectivity index (χ0) is 10.5. The molecule has 0 aromatic carbocycles. The Bertz CT molecular complexity index is 400. The Morgan fingerprint density at radius 2 is 2.20 bits per heavy atom. The van der Waals surface area contributed by atoms with E-state index in [-0.39, 0.29) is 11.2 Å². The van der Waals surface area contributed by atoms with Crippen LogP contribution in [0, 0.1) is 0 Å². The highest BCUT2D eigenvalue weighted by atomic mass is 32.2. The predicted molar refractivity (Wildman–Crippen MR) is 62.8 cm³/mol. The van der Waals surface area contributed by atoms with Crippen LogP contribution in [0.25, 0.3) is 6.08 Å². The van der Waals surface area contributed by atoms with Gasteiger partial charge in [-0.3, -0.25) is 14.8 Å². The van der Waals surface area contributed by atoms with Crippen molar-refractivity contribution < 1.29 is 4.79 Å². The Morgan fingerprint density at radius 3 is 2.87 bits per heavy atom. The lowest BCUT2D eigenvalue weighted by atomic mass is 10.2. The first-order valence-corrected chi connectivity index (χ1v) is 5.53. The number of pyridine rings is 1. The quantitative estimate of drug-likeness (QED) is 0.780. The lowest BCUT2D eigenvalue weighted by Crippen LogP contribution is -2.08. The molecule has 0 amide bonds. The number of carbonyl (C=O) groups excluding carboxylic acids is 1. The van der Waals surface area contributed by atoms with Crippen LogP contribution < -0.4 is 0 Å². The van der Waals surface area contributed by atoms with Gasteiger partial charge in [0.1, 0.15) is 6.04 Å². The van der Waals surface area contributed by atoms with Gasteiger partial charge in [-0.2, -0.15) is 0 Å². The van der Waals surface area contributed by atoms with E-state index in [1.165, 1.54) is 11.8 Å². The van der Waals surface area contributed by atoms with Gasteiger partial charge in [0, 0.05) is 12.4 Å². The van der Waals surface area contributed by atoms with E-state index in [2.05, 4.69) is 9.98 Å². The molecular weight excluding hydrogens is 208 g/mol. The zero-order valence-corrected chi connectivity index (χ0v) is 8.85. The number of carbonyl (C=O) groups is 1. The highest BCUT2D eigenvalue weighted by Gasteiger charge is 2.19. The minimum atomic E-state index is -0.187. The fraction of sp³-hybridized carbons (Fsp3) is 0.182. The Labute approximate surface area is 92.3 Å². The SMILES string of the molecule is O=C1SC=NC1CC=Cc1ccncc1. The van der Waals surface area contributed by atoms with E-state index in [9.17, 15) is 4.79 Å². The number of thioether (sulfide) groups is 1. The Morgan fingerprint density at radius 1 is 1.40 bits per heavy atom. The van der Waals surface area contributed by atoms with Crippen molar-refractivity contribution in [2.45, 2.75) is 12.5 Å². The van der Waals surface area contributed by atoms with Gasteiger partial charge in [0.15, 0.2) is 0 Å². The highest BCUT2D eigenvalue weighted by molar-refractivity contribution is 8.25. The van der Waals surface area contributed by atoms with Gasteiger partial charge in [-0.25, -0.2) is 0 Å². The molecule has 0 saturated heterocycles. The first-order chi connectivity index (χ1) is 7.36. The minimum Gasteiger partial charge on any atom is -0.284 e. The van der Waals surface area contributed by atoms with Crippen LogP contribution in [0.1, 0.15) is 12.0 Å². The molecule has 1 aromatic rings. The van der Waals surface area contributed by atoms with Crippen molar-refractivity contribution in [1.82, 2.24) is 4.98 Å². The van der Waals surface area contributed by atoms with Gasteiger partial charge in [-0.1, -0.05) is 12.2 Å². The lowest BCUT2D eigenvalue weighted by Gasteiger charge is -1.98. The molecule has 0 radical (unpaired) electrons. The Hall–Kier alpha value is -1.42. The summed E-state index contributed by atoms with van der Waals surface area (Å²) in [6.45, 7) is 0. The number of hydrogen-bond acceptors (Lipinski definition) is 4. The van der Waals surface area contributed by atoms with E-state index in [0.717, 1.165) is 5.56 Å². The number of nitrogens with zero attached hydrogens (tertiary/aromatic N) is 2. The normalized spacial score (nSPS) is 20.3. The molecule has 1 aromatic heterocycles. The summed E-state index contributed by atoms with van der Waals surface area (Å²) in [4.78, 5) is 19.2. The van der Waals surface area contributed by atoms with E-state index >= 15 is 0 Å². The first kappa shape index (κ1) is 10.1. The van der Waals surface area contributed by atoms with Gasteiger partial charge >= 0.3 is 0 Å². The summed E-state index contributed by atoms with van der Waals surface area (Å²) in [6, 6.07) is 3.66. The summed E-state index contributed by atoms with van der Waals surface area (Å²) in [5.74, 6) is 0. The van der Waals surface area contributed by atoms with Crippen LogP contribution in [-0.2, 0) is 4.79 Å². The summed E-state index contributed by atoms with van der Waals surface area (Å²) in [5, 5.41) is 0.134. The maximum Gasteiger partial charge on any atom is 0.219 e. The van der Waals surface area contributed by atoms with E-state index in [1.54, 1.807) is 17.9 Å². The number of hydrogen-bond donors (Lipinski definition) is 0. The Kier molecular flexibility index (Phi) is 3.29. The van der Waals surface area contributed by atoms with Gasteiger partial charge in [-0.05, 0) is 35.9 Å². The smallest absolute Gasteiger partial charge is 0.219 e. The molecular formula is C11H10N2OS. The summed E-state index contributed by atoms with van der Waals surface area (Å²) < 4.78 is 0. The molecule has 0 bridgehead atoms.